The van der Waals surface area contributed by atoms with Crippen LogP contribution in [0.5, 0.6) is 0 Å². The van der Waals surface area contributed by atoms with E-state index in [9.17, 15) is 0 Å². The molecular weight excluding hydrogens is 306 g/mol. The number of hydrogen-bond donors (Lipinski definition) is 1. The van der Waals surface area contributed by atoms with Crippen molar-refractivity contribution in [3.05, 3.63) is 52.9 Å². The second kappa shape index (κ2) is 4.97. The molecule has 3 aromatic rings. The summed E-state index contributed by atoms with van der Waals surface area (Å²) in [6.45, 7) is 2.07. The van der Waals surface area contributed by atoms with Crippen LogP contribution in [0.4, 0.5) is 5.95 Å². The number of fused-ring (bicyclic) bond motifs is 1. The van der Waals surface area contributed by atoms with Crippen LogP contribution in [0.25, 0.3) is 5.65 Å². The molecular formula is C13H12BrN5. The van der Waals surface area contributed by atoms with E-state index in [2.05, 4.69) is 43.2 Å². The molecule has 3 heterocycles. The Labute approximate surface area is 118 Å². The van der Waals surface area contributed by atoms with Crippen LogP contribution >= 0.6 is 15.9 Å². The molecule has 0 fully saturated rings. The van der Waals surface area contributed by atoms with Crippen LogP contribution in [-0.4, -0.2) is 19.6 Å². The number of pyridine rings is 2. The molecule has 1 N–H and O–H groups in total. The first kappa shape index (κ1) is 12.1. The summed E-state index contributed by atoms with van der Waals surface area (Å²) in [6.07, 6.45) is 5.44. The van der Waals surface area contributed by atoms with Crippen LogP contribution in [0.15, 0.2) is 47.3 Å². The van der Waals surface area contributed by atoms with Crippen molar-refractivity contribution in [2.45, 2.75) is 13.0 Å². The van der Waals surface area contributed by atoms with Gasteiger partial charge in [-0.25, -0.2) is 4.52 Å². The van der Waals surface area contributed by atoms with Crippen LogP contribution in [0.2, 0.25) is 0 Å². The molecule has 3 rings (SSSR count). The van der Waals surface area contributed by atoms with Gasteiger partial charge in [-0.05, 0) is 52.7 Å². The maximum absolute atomic E-state index is 4.42. The molecule has 0 saturated carbocycles. The minimum Gasteiger partial charge on any atom is -0.346 e. The van der Waals surface area contributed by atoms with Gasteiger partial charge in [0, 0.05) is 23.1 Å². The molecule has 0 aliphatic rings. The number of halogens is 1. The monoisotopic (exact) mass is 317 g/mol. The number of aromatic nitrogens is 4. The first-order chi connectivity index (χ1) is 9.22. The summed E-state index contributed by atoms with van der Waals surface area (Å²) in [5.74, 6) is 0.613. The van der Waals surface area contributed by atoms with Gasteiger partial charge in [-0.1, -0.05) is 0 Å². The Morgan fingerprint density at radius 2 is 2.00 bits per heavy atom. The van der Waals surface area contributed by atoms with Gasteiger partial charge in [-0.3, -0.25) is 4.98 Å². The van der Waals surface area contributed by atoms with Crippen LogP contribution < -0.4 is 5.32 Å². The lowest BCUT2D eigenvalue weighted by Crippen LogP contribution is -2.07. The lowest BCUT2D eigenvalue weighted by Gasteiger charge is -2.11. The maximum atomic E-state index is 4.42. The van der Waals surface area contributed by atoms with Gasteiger partial charge in [0.05, 0.1) is 6.04 Å². The molecule has 6 heteroatoms. The Balaban J connectivity index is 1.85. The summed E-state index contributed by atoms with van der Waals surface area (Å²) in [4.78, 5) is 8.43. The summed E-state index contributed by atoms with van der Waals surface area (Å²) in [7, 11) is 0. The van der Waals surface area contributed by atoms with Gasteiger partial charge < -0.3 is 5.32 Å². The van der Waals surface area contributed by atoms with Crippen molar-refractivity contribution < 1.29 is 0 Å². The average Bonchev–Trinajstić information content (AvgIpc) is 2.81. The highest BCUT2D eigenvalue weighted by Gasteiger charge is 2.09. The van der Waals surface area contributed by atoms with Gasteiger partial charge in [0.1, 0.15) is 0 Å². The largest absolute Gasteiger partial charge is 0.346 e. The minimum atomic E-state index is 0.129. The average molecular weight is 318 g/mol. The number of anilines is 1. The molecule has 96 valence electrons. The predicted molar refractivity (Wildman–Crippen MR) is 77.0 cm³/mol. The molecule has 0 aliphatic heterocycles. The first-order valence-electron chi connectivity index (χ1n) is 5.91. The normalized spacial score (nSPS) is 12.5. The van der Waals surface area contributed by atoms with E-state index in [0.717, 1.165) is 15.7 Å². The van der Waals surface area contributed by atoms with Crippen LogP contribution in [0, 0.1) is 0 Å². The molecule has 0 radical (unpaired) electrons. The SMILES string of the molecule is CC(Nc1nc2ccc(Br)cn2n1)c1ccncc1. The summed E-state index contributed by atoms with van der Waals surface area (Å²) in [5, 5.41) is 7.67. The van der Waals surface area contributed by atoms with Crippen molar-refractivity contribution >= 4 is 27.5 Å². The molecule has 0 aliphatic carbocycles. The van der Waals surface area contributed by atoms with Crippen molar-refractivity contribution in [2.24, 2.45) is 0 Å². The highest BCUT2D eigenvalue weighted by atomic mass is 79.9. The third-order valence-electron chi connectivity index (χ3n) is 2.85. The van der Waals surface area contributed by atoms with E-state index in [1.807, 2.05) is 30.5 Å². The lowest BCUT2D eigenvalue weighted by molar-refractivity contribution is 0.849. The Morgan fingerprint density at radius 1 is 1.21 bits per heavy atom. The highest BCUT2D eigenvalue weighted by Crippen LogP contribution is 2.17. The fraction of sp³-hybridized carbons (Fsp3) is 0.154. The number of hydrogen-bond acceptors (Lipinski definition) is 4. The zero-order valence-electron chi connectivity index (χ0n) is 10.3. The summed E-state index contributed by atoms with van der Waals surface area (Å²) in [6, 6.07) is 7.94. The zero-order chi connectivity index (χ0) is 13.2. The van der Waals surface area contributed by atoms with E-state index in [4.69, 9.17) is 0 Å². The number of nitrogens with one attached hydrogen (secondary N) is 1. The van der Waals surface area contributed by atoms with Crippen LogP contribution in [-0.2, 0) is 0 Å². The number of nitrogens with zero attached hydrogens (tertiary/aromatic N) is 4. The maximum Gasteiger partial charge on any atom is 0.243 e. The molecule has 3 aromatic heterocycles. The van der Waals surface area contributed by atoms with Crippen molar-refractivity contribution in [3.63, 3.8) is 0 Å². The van der Waals surface area contributed by atoms with Crippen molar-refractivity contribution in [1.29, 1.82) is 0 Å². The van der Waals surface area contributed by atoms with Gasteiger partial charge in [0.25, 0.3) is 0 Å². The third kappa shape index (κ3) is 2.58. The van der Waals surface area contributed by atoms with E-state index < -0.39 is 0 Å². The fourth-order valence-electron chi connectivity index (χ4n) is 1.85. The van der Waals surface area contributed by atoms with E-state index in [0.29, 0.717) is 5.95 Å². The van der Waals surface area contributed by atoms with Gasteiger partial charge in [0.15, 0.2) is 5.65 Å². The molecule has 0 amide bonds. The molecule has 19 heavy (non-hydrogen) atoms. The quantitative estimate of drug-likeness (QED) is 0.806. The molecule has 0 aromatic carbocycles. The van der Waals surface area contributed by atoms with E-state index in [1.54, 1.807) is 16.9 Å². The lowest BCUT2D eigenvalue weighted by atomic mass is 10.1. The molecule has 5 nitrogen and oxygen atoms in total. The molecule has 0 saturated heterocycles. The van der Waals surface area contributed by atoms with Crippen molar-refractivity contribution in [1.82, 2.24) is 19.6 Å². The summed E-state index contributed by atoms with van der Waals surface area (Å²) in [5.41, 5.74) is 1.96. The van der Waals surface area contributed by atoms with Gasteiger partial charge >= 0.3 is 0 Å². The Bertz CT molecular complexity index is 695. The number of rotatable bonds is 3. The smallest absolute Gasteiger partial charge is 0.243 e. The Morgan fingerprint density at radius 3 is 2.79 bits per heavy atom. The van der Waals surface area contributed by atoms with Gasteiger partial charge in [0.2, 0.25) is 5.95 Å². The Kier molecular flexibility index (Phi) is 3.16. The van der Waals surface area contributed by atoms with E-state index >= 15 is 0 Å². The van der Waals surface area contributed by atoms with Crippen LogP contribution in [0.1, 0.15) is 18.5 Å². The highest BCUT2D eigenvalue weighted by molar-refractivity contribution is 9.10. The molecule has 0 spiro atoms. The third-order valence-corrected chi connectivity index (χ3v) is 3.32. The van der Waals surface area contributed by atoms with Gasteiger partial charge in [-0.2, -0.15) is 4.98 Å². The zero-order valence-corrected chi connectivity index (χ0v) is 11.9. The predicted octanol–water partition coefficient (Wildman–Crippen LogP) is 3.06. The minimum absolute atomic E-state index is 0.129. The topological polar surface area (TPSA) is 55.1 Å². The van der Waals surface area contributed by atoms with Gasteiger partial charge in [-0.15, -0.1) is 5.10 Å². The van der Waals surface area contributed by atoms with Crippen molar-refractivity contribution in [2.75, 3.05) is 5.32 Å². The first-order valence-corrected chi connectivity index (χ1v) is 6.70. The molecule has 1 atom stereocenters. The van der Waals surface area contributed by atoms with E-state index in [-0.39, 0.29) is 6.04 Å². The van der Waals surface area contributed by atoms with Crippen molar-refractivity contribution in [3.8, 4) is 0 Å². The summed E-state index contributed by atoms with van der Waals surface area (Å²) >= 11 is 3.41. The molecule has 0 bridgehead atoms. The van der Waals surface area contributed by atoms with E-state index in [1.165, 1.54) is 0 Å². The standard InChI is InChI=1S/C13H12BrN5/c1-9(10-4-6-15-7-5-10)16-13-17-12-3-2-11(14)8-19(12)18-13/h2-9H,1H3,(H,16,18). The summed E-state index contributed by atoms with van der Waals surface area (Å²) < 4.78 is 2.71. The second-order valence-corrected chi connectivity index (χ2v) is 5.15. The molecule has 1 unspecified atom stereocenters. The van der Waals surface area contributed by atoms with Crippen LogP contribution in [0.3, 0.4) is 0 Å². The fourth-order valence-corrected chi connectivity index (χ4v) is 2.17. The Hall–Kier alpha value is -1.95. The second-order valence-electron chi connectivity index (χ2n) is 4.23.